The van der Waals surface area contributed by atoms with Crippen molar-refractivity contribution in [2.24, 2.45) is 4.99 Å². The molecule has 2 aliphatic rings. The third-order valence-corrected chi connectivity index (χ3v) is 7.50. The first-order chi connectivity index (χ1) is 14.7. The molecule has 5 rings (SSSR count). The van der Waals surface area contributed by atoms with Crippen LogP contribution in [-0.4, -0.2) is 29.6 Å². The minimum atomic E-state index is -0.0263. The lowest BCUT2D eigenvalue weighted by molar-refractivity contribution is -0.121. The predicted octanol–water partition coefficient (Wildman–Crippen LogP) is 6.00. The number of carbonyl (C=O) groups excluding carboxylic acids is 1. The lowest BCUT2D eigenvalue weighted by atomic mass is 10.1. The van der Waals surface area contributed by atoms with Gasteiger partial charge in [0.25, 0.3) is 5.91 Å². The Morgan fingerprint density at radius 1 is 1.00 bits per heavy atom. The van der Waals surface area contributed by atoms with Gasteiger partial charge in [-0.05, 0) is 46.8 Å². The number of hydrogen-bond acceptors (Lipinski definition) is 5. The molecule has 148 valence electrons. The largest absolute Gasteiger partial charge is 0.337 e. The van der Waals surface area contributed by atoms with Gasteiger partial charge in [0.05, 0.1) is 16.4 Å². The second-order valence-electron chi connectivity index (χ2n) is 7.00. The number of nitrogens with zero attached hydrogens (tertiary/aromatic N) is 3. The molecule has 2 aliphatic heterocycles. The van der Waals surface area contributed by atoms with Gasteiger partial charge in [0.2, 0.25) is 0 Å². The monoisotopic (exact) mass is 429 g/mol. The van der Waals surface area contributed by atoms with Crippen LogP contribution in [0.4, 0.5) is 11.4 Å². The predicted molar refractivity (Wildman–Crippen MR) is 128 cm³/mol. The van der Waals surface area contributed by atoms with Crippen molar-refractivity contribution in [3.63, 3.8) is 0 Å². The summed E-state index contributed by atoms with van der Waals surface area (Å²) in [6.45, 7) is 4.25. The molecule has 3 aromatic rings. The SMILES string of the molecule is C=CCN1C(=O)C(=C2Sc3ccccc3N2C)SC1=Nc1ccc2ccccc2c1. The van der Waals surface area contributed by atoms with E-state index in [2.05, 4.69) is 47.9 Å². The fourth-order valence-electron chi connectivity index (χ4n) is 3.57. The fourth-order valence-corrected chi connectivity index (χ4v) is 5.92. The summed E-state index contributed by atoms with van der Waals surface area (Å²) < 4.78 is 0. The Bertz CT molecular complexity index is 1250. The lowest BCUT2D eigenvalue weighted by Crippen LogP contribution is -2.29. The normalized spacial score (nSPS) is 19.8. The van der Waals surface area contributed by atoms with E-state index in [1.807, 2.05) is 37.4 Å². The number of hydrogen-bond donors (Lipinski definition) is 0. The molecule has 30 heavy (non-hydrogen) atoms. The number of para-hydroxylation sites is 1. The van der Waals surface area contributed by atoms with Crippen molar-refractivity contribution in [3.05, 3.63) is 89.3 Å². The maximum absolute atomic E-state index is 13.3. The van der Waals surface area contributed by atoms with Crippen LogP contribution in [0, 0.1) is 0 Å². The smallest absolute Gasteiger partial charge is 0.269 e. The van der Waals surface area contributed by atoms with Crippen molar-refractivity contribution < 1.29 is 4.79 Å². The van der Waals surface area contributed by atoms with Gasteiger partial charge in [-0.2, -0.15) is 0 Å². The highest BCUT2D eigenvalue weighted by Gasteiger charge is 2.38. The summed E-state index contributed by atoms with van der Waals surface area (Å²) in [6.07, 6.45) is 1.74. The molecule has 6 heteroatoms. The van der Waals surface area contributed by atoms with E-state index in [9.17, 15) is 4.79 Å². The van der Waals surface area contributed by atoms with Gasteiger partial charge in [0.15, 0.2) is 5.17 Å². The van der Waals surface area contributed by atoms with E-state index in [0.29, 0.717) is 16.6 Å². The maximum atomic E-state index is 13.3. The molecule has 0 bridgehead atoms. The number of amidine groups is 1. The zero-order valence-corrected chi connectivity index (χ0v) is 18.0. The quantitative estimate of drug-likeness (QED) is 0.378. The first kappa shape index (κ1) is 19.0. The number of rotatable bonds is 3. The second-order valence-corrected chi connectivity index (χ2v) is 9.00. The molecular formula is C24H19N3OS2. The second kappa shape index (κ2) is 7.70. The summed E-state index contributed by atoms with van der Waals surface area (Å²) in [4.78, 5) is 23.8. The number of thioether (sulfide) groups is 2. The molecule has 0 aromatic heterocycles. The van der Waals surface area contributed by atoms with E-state index in [0.717, 1.165) is 26.7 Å². The number of aliphatic imine (C=N–C) groups is 1. The van der Waals surface area contributed by atoms with Crippen molar-refractivity contribution in [1.82, 2.24) is 4.90 Å². The van der Waals surface area contributed by atoms with Crippen molar-refractivity contribution in [1.29, 1.82) is 0 Å². The molecule has 1 amide bonds. The molecule has 0 saturated carbocycles. The maximum Gasteiger partial charge on any atom is 0.269 e. The van der Waals surface area contributed by atoms with E-state index < -0.39 is 0 Å². The molecule has 0 unspecified atom stereocenters. The van der Waals surface area contributed by atoms with Gasteiger partial charge in [-0.15, -0.1) is 6.58 Å². The van der Waals surface area contributed by atoms with Crippen LogP contribution in [0.25, 0.3) is 10.8 Å². The van der Waals surface area contributed by atoms with Crippen LogP contribution in [0.5, 0.6) is 0 Å². The van der Waals surface area contributed by atoms with Crippen LogP contribution in [0.15, 0.2) is 99.2 Å². The number of benzene rings is 3. The zero-order valence-electron chi connectivity index (χ0n) is 16.4. The number of carbonyl (C=O) groups is 1. The van der Waals surface area contributed by atoms with Gasteiger partial charge in [-0.1, -0.05) is 60.3 Å². The molecule has 0 atom stereocenters. The van der Waals surface area contributed by atoms with Crippen LogP contribution in [0.2, 0.25) is 0 Å². The third kappa shape index (κ3) is 3.22. The summed E-state index contributed by atoms with van der Waals surface area (Å²) in [7, 11) is 2.01. The minimum absolute atomic E-state index is 0.0263. The van der Waals surface area contributed by atoms with Gasteiger partial charge in [-0.25, -0.2) is 4.99 Å². The third-order valence-electron chi connectivity index (χ3n) is 5.07. The Morgan fingerprint density at radius 2 is 1.77 bits per heavy atom. The minimum Gasteiger partial charge on any atom is -0.337 e. The van der Waals surface area contributed by atoms with E-state index in [4.69, 9.17) is 4.99 Å². The van der Waals surface area contributed by atoms with Gasteiger partial charge < -0.3 is 4.90 Å². The number of anilines is 1. The number of fused-ring (bicyclic) bond motifs is 2. The summed E-state index contributed by atoms with van der Waals surface area (Å²) >= 11 is 3.07. The van der Waals surface area contributed by atoms with Crippen LogP contribution in [0.1, 0.15) is 0 Å². The molecule has 3 aromatic carbocycles. The molecule has 0 spiro atoms. The molecular weight excluding hydrogens is 410 g/mol. The molecule has 0 aliphatic carbocycles. The zero-order chi connectivity index (χ0) is 20.7. The van der Waals surface area contributed by atoms with Crippen LogP contribution >= 0.6 is 23.5 Å². The van der Waals surface area contributed by atoms with E-state index in [-0.39, 0.29) is 5.91 Å². The first-order valence-corrected chi connectivity index (χ1v) is 11.2. The lowest BCUT2D eigenvalue weighted by Gasteiger charge is -2.15. The van der Waals surface area contributed by atoms with Crippen molar-refractivity contribution in [3.8, 4) is 0 Å². The topological polar surface area (TPSA) is 35.9 Å². The average Bonchev–Trinajstić information content (AvgIpc) is 3.26. The van der Waals surface area contributed by atoms with Crippen LogP contribution in [0.3, 0.4) is 0 Å². The molecule has 1 saturated heterocycles. The van der Waals surface area contributed by atoms with E-state index in [1.54, 1.807) is 22.7 Å². The van der Waals surface area contributed by atoms with Gasteiger partial charge in [-0.3, -0.25) is 9.69 Å². The Kier molecular flexibility index (Phi) is 4.89. The summed E-state index contributed by atoms with van der Waals surface area (Å²) in [5, 5.41) is 3.93. The van der Waals surface area contributed by atoms with Gasteiger partial charge in [0.1, 0.15) is 4.91 Å². The van der Waals surface area contributed by atoms with Crippen molar-refractivity contribution >= 4 is 56.7 Å². The molecule has 0 radical (unpaired) electrons. The first-order valence-electron chi connectivity index (χ1n) is 9.58. The Morgan fingerprint density at radius 3 is 2.57 bits per heavy atom. The Balaban J connectivity index is 1.55. The fraction of sp³-hybridized carbons (Fsp3) is 0.0833. The molecule has 4 nitrogen and oxygen atoms in total. The van der Waals surface area contributed by atoms with Crippen molar-refractivity contribution in [2.75, 3.05) is 18.5 Å². The standard InChI is InChI=1S/C24H19N3OS2/c1-3-14-27-22(28)21(23-26(2)19-10-6-7-11-20(19)29-23)30-24(27)25-18-13-12-16-8-4-5-9-17(16)15-18/h3-13,15H,1,14H2,2H3. The van der Waals surface area contributed by atoms with Crippen LogP contribution < -0.4 is 4.90 Å². The van der Waals surface area contributed by atoms with Crippen molar-refractivity contribution in [2.45, 2.75) is 4.90 Å². The molecule has 1 fully saturated rings. The van der Waals surface area contributed by atoms with E-state index >= 15 is 0 Å². The highest BCUT2D eigenvalue weighted by Crippen LogP contribution is 2.49. The highest BCUT2D eigenvalue weighted by molar-refractivity contribution is 8.19. The van der Waals surface area contributed by atoms with Gasteiger partial charge >= 0.3 is 0 Å². The van der Waals surface area contributed by atoms with Gasteiger partial charge in [0, 0.05) is 18.5 Å². The average molecular weight is 430 g/mol. The summed E-state index contributed by atoms with van der Waals surface area (Å²) in [6, 6.07) is 22.5. The summed E-state index contributed by atoms with van der Waals surface area (Å²) in [5.41, 5.74) is 1.95. The summed E-state index contributed by atoms with van der Waals surface area (Å²) in [5.74, 6) is -0.0263. The number of amides is 1. The molecule has 2 heterocycles. The highest BCUT2D eigenvalue weighted by atomic mass is 32.2. The van der Waals surface area contributed by atoms with E-state index in [1.165, 1.54) is 17.1 Å². The van der Waals surface area contributed by atoms with Crippen LogP contribution in [-0.2, 0) is 4.79 Å². The molecule has 0 N–H and O–H groups in total. The Hall–Kier alpha value is -2.96. The Labute approximate surface area is 184 Å².